The van der Waals surface area contributed by atoms with Crippen molar-refractivity contribution in [2.75, 3.05) is 42.9 Å². The number of nitrogens with one attached hydrogen (secondary N) is 3. The number of amides is 3. The maximum Gasteiger partial charge on any atom is 0.317 e. The van der Waals surface area contributed by atoms with Crippen molar-refractivity contribution in [2.45, 2.75) is 32.9 Å². The Bertz CT molecular complexity index is 901. The molecule has 0 aliphatic carbocycles. The molecule has 0 atom stereocenters. The summed E-state index contributed by atoms with van der Waals surface area (Å²) in [5.41, 5.74) is 2.46. The fourth-order valence-corrected chi connectivity index (χ4v) is 3.45. The number of anilines is 2. The molecule has 8 heteroatoms. The van der Waals surface area contributed by atoms with E-state index in [0.717, 1.165) is 30.0 Å². The number of urea groups is 1. The van der Waals surface area contributed by atoms with Crippen LogP contribution >= 0.6 is 0 Å². The van der Waals surface area contributed by atoms with Gasteiger partial charge >= 0.3 is 6.03 Å². The van der Waals surface area contributed by atoms with Crippen LogP contribution in [0.1, 0.15) is 26.3 Å². The molecular formula is C24H32FN5O2. The van der Waals surface area contributed by atoms with Crippen LogP contribution in [0.2, 0.25) is 0 Å². The number of nitrogens with zero attached hydrogens (tertiary/aromatic N) is 2. The van der Waals surface area contributed by atoms with Crippen LogP contribution in [0, 0.1) is 5.82 Å². The zero-order chi connectivity index (χ0) is 23.1. The molecule has 2 aromatic rings. The van der Waals surface area contributed by atoms with Crippen molar-refractivity contribution in [3.63, 3.8) is 0 Å². The second kappa shape index (κ2) is 10.5. The molecule has 3 N–H and O–H groups in total. The van der Waals surface area contributed by atoms with Crippen molar-refractivity contribution in [1.29, 1.82) is 0 Å². The lowest BCUT2D eigenvalue weighted by molar-refractivity contribution is -0.115. The van der Waals surface area contributed by atoms with Gasteiger partial charge in [-0.2, -0.15) is 0 Å². The number of hydrogen-bond acceptors (Lipinski definition) is 4. The van der Waals surface area contributed by atoms with E-state index >= 15 is 0 Å². The number of rotatable bonds is 6. The van der Waals surface area contributed by atoms with Crippen molar-refractivity contribution < 1.29 is 14.0 Å². The highest BCUT2D eigenvalue weighted by Crippen LogP contribution is 2.20. The zero-order valence-electron chi connectivity index (χ0n) is 19.0. The van der Waals surface area contributed by atoms with Crippen molar-refractivity contribution in [2.24, 2.45) is 0 Å². The first-order valence-electron chi connectivity index (χ1n) is 10.9. The first-order chi connectivity index (χ1) is 15.2. The Kier molecular flexibility index (Phi) is 7.69. The van der Waals surface area contributed by atoms with E-state index in [-0.39, 0.29) is 29.8 Å². The summed E-state index contributed by atoms with van der Waals surface area (Å²) in [7, 11) is 0. The van der Waals surface area contributed by atoms with Gasteiger partial charge in [-0.3, -0.25) is 4.79 Å². The molecule has 32 heavy (non-hydrogen) atoms. The molecule has 7 nitrogen and oxygen atoms in total. The smallest absolute Gasteiger partial charge is 0.317 e. The third-order valence-electron chi connectivity index (χ3n) is 5.09. The molecule has 3 rings (SSSR count). The van der Waals surface area contributed by atoms with Gasteiger partial charge < -0.3 is 25.8 Å². The molecule has 1 aliphatic rings. The Morgan fingerprint density at radius 2 is 1.56 bits per heavy atom. The van der Waals surface area contributed by atoms with Gasteiger partial charge in [-0.05, 0) is 62.7 Å². The number of halogens is 1. The highest BCUT2D eigenvalue weighted by molar-refractivity contribution is 5.92. The molecule has 0 radical (unpaired) electrons. The molecule has 1 aliphatic heterocycles. The lowest BCUT2D eigenvalue weighted by Gasteiger charge is -2.37. The summed E-state index contributed by atoms with van der Waals surface area (Å²) in [6.45, 7) is 9.44. The van der Waals surface area contributed by atoms with Gasteiger partial charge in [0, 0.05) is 49.6 Å². The van der Waals surface area contributed by atoms with Crippen LogP contribution in [-0.2, 0) is 11.3 Å². The topological polar surface area (TPSA) is 76.7 Å². The Balaban J connectivity index is 1.41. The number of carbonyl (C=O) groups is 2. The van der Waals surface area contributed by atoms with Crippen molar-refractivity contribution in [3.05, 3.63) is 59.9 Å². The average Bonchev–Trinajstić information content (AvgIpc) is 2.75. The van der Waals surface area contributed by atoms with Gasteiger partial charge in [-0.15, -0.1) is 0 Å². The summed E-state index contributed by atoms with van der Waals surface area (Å²) in [5.74, 6) is -0.416. The predicted molar refractivity (Wildman–Crippen MR) is 125 cm³/mol. The van der Waals surface area contributed by atoms with Crippen LogP contribution in [0.4, 0.5) is 20.6 Å². The van der Waals surface area contributed by atoms with E-state index in [9.17, 15) is 14.0 Å². The maximum atomic E-state index is 12.9. The van der Waals surface area contributed by atoms with Crippen molar-refractivity contribution in [3.8, 4) is 0 Å². The minimum absolute atomic E-state index is 0.0248. The van der Waals surface area contributed by atoms with Crippen LogP contribution in [-0.4, -0.2) is 55.1 Å². The fraction of sp³-hybridized carbons (Fsp3) is 0.417. The summed E-state index contributed by atoms with van der Waals surface area (Å²) in [4.78, 5) is 28.5. The molecule has 2 aromatic carbocycles. The van der Waals surface area contributed by atoms with E-state index < -0.39 is 0 Å². The first-order valence-corrected chi connectivity index (χ1v) is 10.9. The fourth-order valence-electron chi connectivity index (χ4n) is 3.45. The Hall–Kier alpha value is -3.13. The van der Waals surface area contributed by atoms with Crippen LogP contribution < -0.4 is 20.9 Å². The largest absolute Gasteiger partial charge is 0.368 e. The Labute approximate surface area is 189 Å². The number of benzene rings is 2. The molecule has 0 unspecified atom stereocenters. The first kappa shape index (κ1) is 23.5. The highest BCUT2D eigenvalue weighted by atomic mass is 19.1. The lowest BCUT2D eigenvalue weighted by Crippen LogP contribution is -2.55. The van der Waals surface area contributed by atoms with E-state index in [2.05, 4.69) is 20.9 Å². The minimum Gasteiger partial charge on any atom is -0.368 e. The van der Waals surface area contributed by atoms with Crippen molar-refractivity contribution in [1.82, 2.24) is 15.5 Å². The molecule has 0 bridgehead atoms. The van der Waals surface area contributed by atoms with Gasteiger partial charge in [-0.1, -0.05) is 12.1 Å². The number of carbonyl (C=O) groups excluding carboxylic acids is 2. The standard InChI is InChI=1S/C24H32FN5O2/c1-24(2,3)28-23(32)30-14-12-29(13-15-30)21-10-8-20(9-11-21)27-22(31)17-26-16-18-4-6-19(25)7-5-18/h4-11,26H,12-17H2,1-3H3,(H,27,31)(H,28,32). The number of hydrogen-bond donors (Lipinski definition) is 3. The molecule has 3 amide bonds. The highest BCUT2D eigenvalue weighted by Gasteiger charge is 2.24. The molecule has 1 heterocycles. The predicted octanol–water partition coefficient (Wildman–Crippen LogP) is 3.18. The summed E-state index contributed by atoms with van der Waals surface area (Å²) in [6.07, 6.45) is 0. The number of piperazine rings is 1. The molecule has 0 aromatic heterocycles. The Morgan fingerprint density at radius 3 is 2.16 bits per heavy atom. The van der Waals surface area contributed by atoms with E-state index in [0.29, 0.717) is 19.6 Å². The van der Waals surface area contributed by atoms with Gasteiger partial charge in [0.05, 0.1) is 6.54 Å². The SMILES string of the molecule is CC(C)(C)NC(=O)N1CCN(c2ccc(NC(=O)CNCc3ccc(F)cc3)cc2)CC1. The summed E-state index contributed by atoms with van der Waals surface area (Å²) in [6, 6.07) is 13.9. The van der Waals surface area contributed by atoms with E-state index in [1.807, 2.05) is 49.9 Å². The van der Waals surface area contributed by atoms with Gasteiger partial charge in [0.2, 0.25) is 5.91 Å². The van der Waals surface area contributed by atoms with Gasteiger partial charge in [-0.25, -0.2) is 9.18 Å². The minimum atomic E-state index is -0.275. The van der Waals surface area contributed by atoms with Crippen LogP contribution in [0.5, 0.6) is 0 Å². The third-order valence-corrected chi connectivity index (χ3v) is 5.09. The van der Waals surface area contributed by atoms with Crippen molar-refractivity contribution >= 4 is 23.3 Å². The molecule has 1 saturated heterocycles. The van der Waals surface area contributed by atoms with Gasteiger partial charge in [0.25, 0.3) is 0 Å². The maximum absolute atomic E-state index is 12.9. The second-order valence-electron chi connectivity index (χ2n) is 8.98. The van der Waals surface area contributed by atoms with E-state index in [4.69, 9.17) is 0 Å². The van der Waals surface area contributed by atoms with E-state index in [1.54, 1.807) is 12.1 Å². The lowest BCUT2D eigenvalue weighted by atomic mass is 10.1. The summed E-state index contributed by atoms with van der Waals surface area (Å²) in [5, 5.41) is 8.92. The zero-order valence-corrected chi connectivity index (χ0v) is 19.0. The molecular weight excluding hydrogens is 409 g/mol. The second-order valence-corrected chi connectivity index (χ2v) is 8.98. The van der Waals surface area contributed by atoms with Crippen LogP contribution in [0.25, 0.3) is 0 Å². The monoisotopic (exact) mass is 441 g/mol. The quantitative estimate of drug-likeness (QED) is 0.644. The van der Waals surface area contributed by atoms with Gasteiger partial charge in [0.1, 0.15) is 5.82 Å². The molecule has 0 spiro atoms. The average molecular weight is 442 g/mol. The normalized spacial score (nSPS) is 14.2. The molecule has 0 saturated carbocycles. The van der Waals surface area contributed by atoms with E-state index in [1.165, 1.54) is 12.1 Å². The molecule has 1 fully saturated rings. The summed E-state index contributed by atoms with van der Waals surface area (Å²) < 4.78 is 12.9. The van der Waals surface area contributed by atoms with Crippen LogP contribution in [0.3, 0.4) is 0 Å². The van der Waals surface area contributed by atoms with Crippen LogP contribution in [0.15, 0.2) is 48.5 Å². The Morgan fingerprint density at radius 1 is 0.938 bits per heavy atom. The summed E-state index contributed by atoms with van der Waals surface area (Å²) >= 11 is 0. The van der Waals surface area contributed by atoms with Gasteiger partial charge in [0.15, 0.2) is 0 Å². The molecule has 172 valence electrons. The third kappa shape index (κ3) is 7.23.